The van der Waals surface area contributed by atoms with Crippen LogP contribution >= 0.6 is 11.6 Å². The number of ether oxygens (including phenoxy) is 3. The number of carbonyl (C=O) groups excluding carboxylic acids is 2. The molecule has 52 heavy (non-hydrogen) atoms. The monoisotopic (exact) mass is 773 g/mol. The predicted molar refractivity (Wildman–Crippen MR) is 201 cm³/mol. The van der Waals surface area contributed by atoms with Gasteiger partial charge in [-0.2, -0.15) is 0 Å². The largest absolute Gasteiger partial charge is 0.497 e. The van der Waals surface area contributed by atoms with Crippen LogP contribution in [0.5, 0.6) is 17.2 Å². The highest BCUT2D eigenvalue weighted by molar-refractivity contribution is 7.93. The highest BCUT2D eigenvalue weighted by atomic mass is 35.5. The number of β-amino-alcohol motifs (C(OH)–C–C–N with tert-alkyl or cyclic N) is 1. The summed E-state index contributed by atoms with van der Waals surface area (Å²) >= 11 is 6.68. The van der Waals surface area contributed by atoms with E-state index in [1.54, 1.807) is 31.1 Å². The smallest absolute Gasteiger partial charge is 0.274 e. The molecule has 12 nitrogen and oxygen atoms in total. The molecule has 0 aliphatic carbocycles. The number of hydrogen-bond donors (Lipinski definition) is 1. The van der Waals surface area contributed by atoms with E-state index in [-0.39, 0.29) is 68.7 Å². The molecule has 3 aromatic rings. The second-order valence-electron chi connectivity index (χ2n) is 14.8. The SMILES string of the molecule is COc1ccc(S(=O)(=O)N2C(=O)C(c3cc(CO[Si](C)(C)C(C)(C)C)ccc3OC)(N3C[C@H](O)C[C@H]3C(=O)N(C)C)c3cc(Cl)ccc32)c(OC)c1. The number of aliphatic hydroxyl groups excluding tert-OH is 1. The fraction of sp³-hybridized carbons (Fsp3) is 0.459. The standard InChI is InChI=1S/C37H48ClN3O9SSi/c1-36(2,3)52(9,10)50-22-23-11-15-31(48-7)28(17-23)37(40-21-25(42)19-30(40)34(43)39(4)5)27-18-24(38)12-14-29(27)41(35(37)44)51(45,46)33-16-13-26(47-6)20-32(33)49-8/h11-18,20,25,30,42H,19,21-22H2,1-10H3/t25-,30+,37?/m1/s1. The van der Waals surface area contributed by atoms with Crippen LogP contribution in [0.25, 0.3) is 0 Å². The van der Waals surface area contributed by atoms with Crippen molar-refractivity contribution in [2.75, 3.05) is 46.3 Å². The summed E-state index contributed by atoms with van der Waals surface area (Å²) in [6.07, 6.45) is -1.03. The molecule has 0 bridgehead atoms. The molecule has 0 aromatic heterocycles. The Balaban J connectivity index is 1.85. The van der Waals surface area contributed by atoms with Crippen molar-refractivity contribution < 1.29 is 41.7 Å². The first kappa shape index (κ1) is 39.5. The van der Waals surface area contributed by atoms with Crippen LogP contribution in [-0.2, 0) is 36.2 Å². The number of fused-ring (bicyclic) bond motifs is 1. The summed E-state index contributed by atoms with van der Waals surface area (Å²) in [5.74, 6) is -0.715. The number of methoxy groups -OCH3 is 3. The number of likely N-dealkylation sites (N-methyl/N-ethyl adjacent to an activating group) is 1. The van der Waals surface area contributed by atoms with Crippen LogP contribution in [0.2, 0.25) is 23.2 Å². The molecule has 1 unspecified atom stereocenters. The maximum Gasteiger partial charge on any atom is 0.274 e. The van der Waals surface area contributed by atoms with Gasteiger partial charge in [0.25, 0.3) is 15.9 Å². The van der Waals surface area contributed by atoms with Gasteiger partial charge in [-0.1, -0.05) is 38.4 Å². The molecule has 0 spiro atoms. The summed E-state index contributed by atoms with van der Waals surface area (Å²) in [4.78, 5) is 32.3. The Bertz CT molecular complexity index is 1980. The van der Waals surface area contributed by atoms with Crippen LogP contribution in [0, 0.1) is 0 Å². The topological polar surface area (TPSA) is 135 Å². The third kappa shape index (κ3) is 6.58. The highest BCUT2D eigenvalue weighted by Gasteiger charge is 2.64. The molecule has 0 radical (unpaired) electrons. The van der Waals surface area contributed by atoms with E-state index in [1.165, 1.54) is 62.6 Å². The maximum atomic E-state index is 15.7. The van der Waals surface area contributed by atoms with Gasteiger partial charge in [0.2, 0.25) is 5.91 Å². The van der Waals surface area contributed by atoms with E-state index in [0.29, 0.717) is 11.3 Å². The van der Waals surface area contributed by atoms with Gasteiger partial charge < -0.3 is 28.6 Å². The Morgan fingerprint density at radius 2 is 1.65 bits per heavy atom. The van der Waals surface area contributed by atoms with E-state index >= 15 is 4.79 Å². The third-order valence-corrected chi connectivity index (χ3v) is 16.9. The predicted octanol–water partition coefficient (Wildman–Crippen LogP) is 5.39. The molecule has 3 aromatic carbocycles. The van der Waals surface area contributed by atoms with Gasteiger partial charge in [-0.3, -0.25) is 14.5 Å². The second kappa shape index (κ2) is 14.3. The van der Waals surface area contributed by atoms with Gasteiger partial charge in [0.15, 0.2) is 13.9 Å². The van der Waals surface area contributed by atoms with Gasteiger partial charge in [-0.05, 0) is 72.6 Å². The first-order valence-electron chi connectivity index (χ1n) is 16.8. The Kier molecular flexibility index (Phi) is 10.9. The lowest BCUT2D eigenvalue weighted by molar-refractivity contribution is -0.138. The minimum absolute atomic E-state index is 0.00250. The third-order valence-electron chi connectivity index (χ3n) is 10.4. The van der Waals surface area contributed by atoms with Crippen LogP contribution in [0.3, 0.4) is 0 Å². The fourth-order valence-corrected chi connectivity index (χ4v) is 9.42. The normalized spacial score (nSPS) is 20.9. The minimum Gasteiger partial charge on any atom is -0.497 e. The number of rotatable bonds is 11. The molecule has 2 heterocycles. The van der Waals surface area contributed by atoms with Crippen LogP contribution in [0.15, 0.2) is 59.5 Å². The van der Waals surface area contributed by atoms with Gasteiger partial charge in [0, 0.05) is 42.9 Å². The van der Waals surface area contributed by atoms with Gasteiger partial charge >= 0.3 is 0 Å². The summed E-state index contributed by atoms with van der Waals surface area (Å²) < 4.78 is 53.8. The number of aliphatic hydroxyl groups is 1. The van der Waals surface area contributed by atoms with Crippen molar-refractivity contribution in [3.63, 3.8) is 0 Å². The molecule has 1 N–H and O–H groups in total. The fourth-order valence-electron chi connectivity index (χ4n) is 6.69. The molecule has 3 atom stereocenters. The van der Waals surface area contributed by atoms with Crippen LogP contribution in [0.4, 0.5) is 5.69 Å². The van der Waals surface area contributed by atoms with Crippen LogP contribution in [0.1, 0.15) is 43.9 Å². The lowest BCUT2D eigenvalue weighted by Gasteiger charge is -2.42. The van der Waals surface area contributed by atoms with Crippen molar-refractivity contribution in [3.8, 4) is 17.2 Å². The van der Waals surface area contributed by atoms with E-state index in [1.807, 2.05) is 6.07 Å². The van der Waals surface area contributed by atoms with Crippen LogP contribution < -0.4 is 18.5 Å². The first-order chi connectivity index (χ1) is 24.3. The molecule has 2 aliphatic heterocycles. The quantitative estimate of drug-likeness (QED) is 0.253. The molecule has 2 aliphatic rings. The average Bonchev–Trinajstić information content (AvgIpc) is 3.60. The Morgan fingerprint density at radius 1 is 0.981 bits per heavy atom. The van der Waals surface area contributed by atoms with E-state index in [9.17, 15) is 18.3 Å². The summed E-state index contributed by atoms with van der Waals surface area (Å²) in [5.41, 5.74) is -0.837. The van der Waals surface area contributed by atoms with Crippen molar-refractivity contribution in [2.45, 2.75) is 74.5 Å². The van der Waals surface area contributed by atoms with E-state index < -0.39 is 41.9 Å². The number of likely N-dealkylation sites (tertiary alicyclic amines) is 1. The van der Waals surface area contributed by atoms with Gasteiger partial charge in [0.05, 0.1) is 45.8 Å². The Morgan fingerprint density at radius 3 is 2.25 bits per heavy atom. The number of hydrogen-bond acceptors (Lipinski definition) is 10. The highest BCUT2D eigenvalue weighted by Crippen LogP contribution is 2.55. The number of carbonyl (C=O) groups is 2. The molecule has 2 amide bonds. The maximum absolute atomic E-state index is 15.7. The van der Waals surface area contributed by atoms with E-state index in [4.69, 9.17) is 30.2 Å². The summed E-state index contributed by atoms with van der Waals surface area (Å²) in [6, 6.07) is 13.0. The number of benzene rings is 3. The minimum atomic E-state index is -4.72. The zero-order chi connectivity index (χ0) is 38.6. The van der Waals surface area contributed by atoms with Crippen molar-refractivity contribution in [2.24, 2.45) is 0 Å². The van der Waals surface area contributed by atoms with Crippen molar-refractivity contribution >= 4 is 47.4 Å². The van der Waals surface area contributed by atoms with Gasteiger partial charge in [-0.15, -0.1) is 0 Å². The van der Waals surface area contributed by atoms with Gasteiger partial charge in [0.1, 0.15) is 22.1 Å². The number of halogens is 1. The number of amides is 2. The molecular formula is C37H48ClN3O9SSi. The zero-order valence-electron chi connectivity index (χ0n) is 31.3. The lowest BCUT2D eigenvalue weighted by Crippen LogP contribution is -2.59. The van der Waals surface area contributed by atoms with Crippen LogP contribution in [-0.4, -0.2) is 97.6 Å². The summed E-state index contributed by atoms with van der Waals surface area (Å²) in [5, 5.41) is 11.4. The van der Waals surface area contributed by atoms with Crippen molar-refractivity contribution in [1.29, 1.82) is 0 Å². The molecule has 15 heteroatoms. The molecule has 1 saturated heterocycles. The number of anilines is 1. The first-order valence-corrected chi connectivity index (χ1v) is 21.6. The molecule has 0 saturated carbocycles. The average molecular weight is 774 g/mol. The van der Waals surface area contributed by atoms with Crippen molar-refractivity contribution in [3.05, 3.63) is 76.3 Å². The Labute approximate surface area is 312 Å². The zero-order valence-corrected chi connectivity index (χ0v) is 33.9. The molecule has 1 fully saturated rings. The van der Waals surface area contributed by atoms with E-state index in [0.717, 1.165) is 4.31 Å². The second-order valence-corrected chi connectivity index (χ2v) is 21.8. The molecular weight excluding hydrogens is 726 g/mol. The van der Waals surface area contributed by atoms with E-state index in [2.05, 4.69) is 33.9 Å². The Hall–Kier alpha value is -3.66. The summed E-state index contributed by atoms with van der Waals surface area (Å²) in [7, 11) is 0.439. The van der Waals surface area contributed by atoms with Crippen molar-refractivity contribution in [1.82, 2.24) is 9.80 Å². The summed E-state index contributed by atoms with van der Waals surface area (Å²) in [6.45, 7) is 10.7. The van der Waals surface area contributed by atoms with Gasteiger partial charge in [-0.25, -0.2) is 12.7 Å². The molecule has 5 rings (SSSR count). The molecule has 282 valence electrons. The lowest BCUT2D eigenvalue weighted by atomic mass is 9.80. The number of sulfonamides is 1. The number of nitrogens with zero attached hydrogens (tertiary/aromatic N) is 3.